The zero-order valence-corrected chi connectivity index (χ0v) is 17.8. The molecule has 0 spiro atoms. The Labute approximate surface area is 190 Å². The van der Waals surface area contributed by atoms with Crippen molar-refractivity contribution in [1.82, 2.24) is 4.98 Å². The molecular formula is C21H12Cl2F3N3OS. The highest BCUT2D eigenvalue weighted by Gasteiger charge is 2.36. The Hall–Kier alpha value is -2.73. The Balaban J connectivity index is 1.91. The second kappa shape index (κ2) is 9.60. The lowest BCUT2D eigenvalue weighted by atomic mass is 10.1. The lowest BCUT2D eigenvalue weighted by Crippen LogP contribution is -2.15. The number of aromatic nitrogens is 1. The Morgan fingerprint density at radius 1 is 1.06 bits per heavy atom. The lowest BCUT2D eigenvalue weighted by molar-refractivity contribution is -0.138. The minimum absolute atomic E-state index is 0.0172. The number of pyridine rings is 1. The topological polar surface area (TPSA) is 65.8 Å². The fourth-order valence-electron chi connectivity index (χ4n) is 2.59. The Morgan fingerprint density at radius 2 is 1.65 bits per heavy atom. The number of nitrogens with zero attached hydrogens (tertiary/aromatic N) is 2. The number of benzene rings is 2. The van der Waals surface area contributed by atoms with Crippen molar-refractivity contribution in [2.24, 2.45) is 0 Å². The third-order valence-electron chi connectivity index (χ3n) is 4.01. The number of amides is 1. The number of rotatable bonds is 5. The lowest BCUT2D eigenvalue weighted by Gasteiger charge is -2.14. The normalized spacial score (nSPS) is 11.1. The van der Waals surface area contributed by atoms with Gasteiger partial charge < -0.3 is 5.32 Å². The summed E-state index contributed by atoms with van der Waals surface area (Å²) in [5, 5.41) is 12.7. The van der Waals surface area contributed by atoms with E-state index in [0.717, 1.165) is 17.8 Å². The second-order valence-corrected chi connectivity index (χ2v) is 8.03. The van der Waals surface area contributed by atoms with Gasteiger partial charge in [-0.2, -0.15) is 18.4 Å². The molecule has 4 nitrogen and oxygen atoms in total. The molecule has 158 valence electrons. The predicted molar refractivity (Wildman–Crippen MR) is 115 cm³/mol. The van der Waals surface area contributed by atoms with Crippen molar-refractivity contribution in [3.8, 4) is 17.3 Å². The van der Waals surface area contributed by atoms with Crippen LogP contribution in [0.1, 0.15) is 11.1 Å². The van der Waals surface area contributed by atoms with Crippen molar-refractivity contribution in [3.05, 3.63) is 75.8 Å². The number of carbonyl (C=O) groups is 1. The van der Waals surface area contributed by atoms with E-state index in [0.29, 0.717) is 21.3 Å². The SMILES string of the molecule is N#Cc1c(C(F)(F)F)cc(-c2ccc(Cl)cc2)nc1SCC(=O)Nc1ccc(Cl)cc1. The van der Waals surface area contributed by atoms with Gasteiger partial charge in [-0.3, -0.25) is 4.79 Å². The van der Waals surface area contributed by atoms with Crippen molar-refractivity contribution in [2.45, 2.75) is 11.2 Å². The zero-order chi connectivity index (χ0) is 22.6. The maximum atomic E-state index is 13.6. The standard InChI is InChI=1S/C21H12Cl2F3N3OS/c22-13-3-1-12(2-4-13)18-9-17(21(24,25)26)16(10-27)20(29-18)31-11-19(30)28-15-7-5-14(23)6-8-15/h1-9H,11H2,(H,28,30). The van der Waals surface area contributed by atoms with Gasteiger partial charge in [0.2, 0.25) is 5.91 Å². The third-order valence-corrected chi connectivity index (χ3v) is 5.49. The van der Waals surface area contributed by atoms with Gasteiger partial charge in [0.25, 0.3) is 0 Å². The molecule has 10 heteroatoms. The van der Waals surface area contributed by atoms with Crippen LogP contribution < -0.4 is 5.32 Å². The summed E-state index contributed by atoms with van der Waals surface area (Å²) in [6.45, 7) is 0. The summed E-state index contributed by atoms with van der Waals surface area (Å²) < 4.78 is 40.8. The van der Waals surface area contributed by atoms with Gasteiger partial charge in [-0.15, -0.1) is 0 Å². The fourth-order valence-corrected chi connectivity index (χ4v) is 3.65. The quantitative estimate of drug-likeness (QED) is 0.412. The van der Waals surface area contributed by atoms with E-state index in [4.69, 9.17) is 23.2 Å². The van der Waals surface area contributed by atoms with Crippen LogP contribution in [-0.2, 0) is 11.0 Å². The fraction of sp³-hybridized carbons (Fsp3) is 0.0952. The van der Waals surface area contributed by atoms with E-state index < -0.39 is 23.2 Å². The van der Waals surface area contributed by atoms with Crippen molar-refractivity contribution >= 4 is 46.6 Å². The van der Waals surface area contributed by atoms with E-state index in [-0.39, 0.29) is 16.5 Å². The largest absolute Gasteiger partial charge is 0.417 e. The van der Waals surface area contributed by atoms with Gasteiger partial charge in [-0.25, -0.2) is 4.98 Å². The number of carbonyl (C=O) groups excluding carboxylic acids is 1. The predicted octanol–water partition coefficient (Wildman–Crippen LogP) is 6.68. The average Bonchev–Trinajstić information content (AvgIpc) is 2.73. The number of hydrogen-bond donors (Lipinski definition) is 1. The van der Waals surface area contributed by atoms with E-state index in [2.05, 4.69) is 10.3 Å². The highest BCUT2D eigenvalue weighted by atomic mass is 35.5. The van der Waals surface area contributed by atoms with Crippen LogP contribution in [0, 0.1) is 11.3 Å². The zero-order valence-electron chi connectivity index (χ0n) is 15.5. The van der Waals surface area contributed by atoms with E-state index in [9.17, 15) is 23.2 Å². The number of halogens is 5. The van der Waals surface area contributed by atoms with E-state index >= 15 is 0 Å². The highest BCUT2D eigenvalue weighted by molar-refractivity contribution is 8.00. The molecule has 1 heterocycles. The van der Waals surface area contributed by atoms with Crippen LogP contribution in [0.25, 0.3) is 11.3 Å². The first-order valence-corrected chi connectivity index (χ1v) is 10.4. The molecule has 1 aromatic heterocycles. The number of anilines is 1. The Kier molecular flexibility index (Phi) is 7.11. The molecule has 0 saturated carbocycles. The molecule has 3 aromatic rings. The number of nitrogens with one attached hydrogen (secondary N) is 1. The van der Waals surface area contributed by atoms with Crippen LogP contribution in [0.15, 0.2) is 59.6 Å². The van der Waals surface area contributed by atoms with Crippen LogP contribution in [0.5, 0.6) is 0 Å². The van der Waals surface area contributed by atoms with Crippen molar-refractivity contribution in [3.63, 3.8) is 0 Å². The molecule has 0 aliphatic rings. The van der Waals surface area contributed by atoms with Crippen LogP contribution in [-0.4, -0.2) is 16.6 Å². The number of nitriles is 1. The van der Waals surface area contributed by atoms with E-state index in [1.807, 2.05) is 0 Å². The van der Waals surface area contributed by atoms with Gasteiger partial charge >= 0.3 is 6.18 Å². The number of alkyl halides is 3. The maximum absolute atomic E-state index is 13.6. The first kappa shape index (κ1) is 22.9. The summed E-state index contributed by atoms with van der Waals surface area (Å²) in [6, 6.07) is 14.8. The summed E-state index contributed by atoms with van der Waals surface area (Å²) in [5.41, 5.74) is -0.852. The summed E-state index contributed by atoms with van der Waals surface area (Å²) >= 11 is 12.4. The molecular weight excluding hydrogens is 470 g/mol. The average molecular weight is 482 g/mol. The van der Waals surface area contributed by atoms with Crippen molar-refractivity contribution < 1.29 is 18.0 Å². The molecule has 31 heavy (non-hydrogen) atoms. The van der Waals surface area contributed by atoms with Gasteiger partial charge in [0.15, 0.2) is 0 Å². The molecule has 2 aromatic carbocycles. The molecule has 0 radical (unpaired) electrons. The summed E-state index contributed by atoms with van der Waals surface area (Å²) in [4.78, 5) is 16.4. The van der Waals surface area contributed by atoms with Crippen LogP contribution in [0.3, 0.4) is 0 Å². The van der Waals surface area contributed by atoms with Crippen molar-refractivity contribution in [1.29, 1.82) is 5.26 Å². The Bertz CT molecular complexity index is 1140. The van der Waals surface area contributed by atoms with Gasteiger partial charge in [0.1, 0.15) is 11.1 Å². The van der Waals surface area contributed by atoms with E-state index in [1.54, 1.807) is 30.3 Å². The summed E-state index contributed by atoms with van der Waals surface area (Å²) in [6.07, 6.45) is -4.77. The maximum Gasteiger partial charge on any atom is 0.417 e. The van der Waals surface area contributed by atoms with Gasteiger partial charge in [0, 0.05) is 21.3 Å². The van der Waals surface area contributed by atoms with Gasteiger partial charge in [-0.05, 0) is 42.5 Å². The molecule has 1 N–H and O–H groups in total. The summed E-state index contributed by atoms with van der Waals surface area (Å²) in [7, 11) is 0. The molecule has 3 rings (SSSR count). The number of thioether (sulfide) groups is 1. The van der Waals surface area contributed by atoms with Gasteiger partial charge in [-0.1, -0.05) is 47.1 Å². The van der Waals surface area contributed by atoms with Crippen LogP contribution in [0.2, 0.25) is 10.0 Å². The molecule has 0 saturated heterocycles. The molecule has 0 unspecified atom stereocenters. The number of hydrogen-bond acceptors (Lipinski definition) is 4. The first-order chi connectivity index (χ1) is 14.7. The molecule has 0 aliphatic carbocycles. The van der Waals surface area contributed by atoms with Crippen LogP contribution in [0.4, 0.5) is 18.9 Å². The minimum Gasteiger partial charge on any atom is -0.325 e. The van der Waals surface area contributed by atoms with Gasteiger partial charge in [0.05, 0.1) is 22.6 Å². The summed E-state index contributed by atoms with van der Waals surface area (Å²) in [5.74, 6) is -0.713. The molecule has 0 aliphatic heterocycles. The molecule has 0 fully saturated rings. The molecule has 0 bridgehead atoms. The Morgan fingerprint density at radius 3 is 2.19 bits per heavy atom. The smallest absolute Gasteiger partial charge is 0.325 e. The first-order valence-electron chi connectivity index (χ1n) is 8.64. The molecule has 1 amide bonds. The monoisotopic (exact) mass is 481 g/mol. The van der Waals surface area contributed by atoms with E-state index in [1.165, 1.54) is 24.3 Å². The second-order valence-electron chi connectivity index (χ2n) is 6.20. The van der Waals surface area contributed by atoms with Crippen molar-refractivity contribution in [2.75, 3.05) is 11.1 Å². The minimum atomic E-state index is -4.77. The highest BCUT2D eigenvalue weighted by Crippen LogP contribution is 2.38. The van der Waals surface area contributed by atoms with Crippen LogP contribution >= 0.6 is 35.0 Å². The third kappa shape index (κ3) is 5.91. The molecule has 0 atom stereocenters.